The quantitative estimate of drug-likeness (QED) is 0.729. The molecule has 0 amide bonds. The van der Waals surface area contributed by atoms with Gasteiger partial charge in [0.2, 0.25) is 6.79 Å². The van der Waals surface area contributed by atoms with E-state index in [-0.39, 0.29) is 18.0 Å². The Balaban J connectivity index is 2.01. The van der Waals surface area contributed by atoms with Crippen LogP contribution in [-0.4, -0.2) is 12.6 Å². The van der Waals surface area contributed by atoms with Crippen molar-refractivity contribution in [1.82, 2.24) is 0 Å². The number of ketones is 1. The van der Waals surface area contributed by atoms with Crippen molar-refractivity contribution in [2.45, 2.75) is 27.2 Å². The predicted octanol–water partition coefficient (Wildman–Crippen LogP) is 3.74. The predicted molar refractivity (Wildman–Crippen MR) is 77.7 cm³/mol. The van der Waals surface area contributed by atoms with E-state index in [2.05, 4.69) is 13.8 Å². The highest BCUT2D eigenvalue weighted by Crippen LogP contribution is 2.40. The van der Waals surface area contributed by atoms with Gasteiger partial charge < -0.3 is 9.47 Å². The Morgan fingerprint density at radius 3 is 2.70 bits per heavy atom. The molecule has 0 saturated carbocycles. The van der Waals surface area contributed by atoms with Crippen molar-refractivity contribution in [2.75, 3.05) is 6.79 Å². The van der Waals surface area contributed by atoms with E-state index in [1.165, 1.54) is 0 Å². The first-order valence-electron chi connectivity index (χ1n) is 6.79. The lowest BCUT2D eigenvalue weighted by molar-refractivity contribution is -0.112. The number of benzene rings is 1. The van der Waals surface area contributed by atoms with Crippen molar-refractivity contribution in [3.8, 4) is 11.5 Å². The molecule has 0 atom stereocenters. The maximum Gasteiger partial charge on any atom is 0.231 e. The van der Waals surface area contributed by atoms with Gasteiger partial charge in [-0.1, -0.05) is 25.5 Å². The van der Waals surface area contributed by atoms with E-state index < -0.39 is 0 Å². The minimum absolute atomic E-state index is 0.108. The Bertz CT molecular complexity index is 636. The van der Waals surface area contributed by atoms with Crippen LogP contribution in [0.3, 0.4) is 0 Å². The zero-order chi connectivity index (χ0) is 14.3. The average Bonchev–Trinajstić information content (AvgIpc) is 2.80. The normalized spacial score (nSPS) is 22.1. The Morgan fingerprint density at radius 1 is 1.20 bits per heavy atom. The Morgan fingerprint density at radius 2 is 1.95 bits per heavy atom. The van der Waals surface area contributed by atoms with Gasteiger partial charge in [0, 0.05) is 5.57 Å². The third kappa shape index (κ3) is 2.24. The Hall–Kier alpha value is -2.03. The first kappa shape index (κ1) is 13.0. The number of rotatable bonds is 1. The van der Waals surface area contributed by atoms with Crippen LogP contribution < -0.4 is 9.47 Å². The molecule has 104 valence electrons. The van der Waals surface area contributed by atoms with E-state index in [1.54, 1.807) is 6.08 Å². The minimum Gasteiger partial charge on any atom is -0.454 e. The smallest absolute Gasteiger partial charge is 0.231 e. The zero-order valence-corrected chi connectivity index (χ0v) is 12.0. The second-order valence-corrected chi connectivity index (χ2v) is 6.09. The summed E-state index contributed by atoms with van der Waals surface area (Å²) in [5.74, 6) is 1.61. The first-order chi connectivity index (χ1) is 9.45. The topological polar surface area (TPSA) is 35.5 Å². The summed E-state index contributed by atoms with van der Waals surface area (Å²) in [6, 6.07) is 5.76. The summed E-state index contributed by atoms with van der Waals surface area (Å²) >= 11 is 0. The lowest BCUT2D eigenvalue weighted by Gasteiger charge is -2.31. The van der Waals surface area contributed by atoms with Crippen molar-refractivity contribution in [3.05, 3.63) is 41.0 Å². The third-order valence-corrected chi connectivity index (χ3v) is 3.80. The molecule has 0 N–H and O–H groups in total. The summed E-state index contributed by atoms with van der Waals surface area (Å²) in [5, 5.41) is 0. The molecule has 0 unspecified atom stereocenters. The van der Waals surface area contributed by atoms with Crippen molar-refractivity contribution >= 4 is 11.9 Å². The monoisotopic (exact) mass is 270 g/mol. The van der Waals surface area contributed by atoms with E-state index >= 15 is 0 Å². The molecule has 0 spiro atoms. The molecule has 3 heteroatoms. The van der Waals surface area contributed by atoms with Gasteiger partial charge in [-0.15, -0.1) is 0 Å². The molecule has 1 aliphatic carbocycles. The van der Waals surface area contributed by atoms with E-state index in [0.29, 0.717) is 0 Å². The zero-order valence-electron chi connectivity index (χ0n) is 12.0. The van der Waals surface area contributed by atoms with Crippen LogP contribution in [0.1, 0.15) is 32.8 Å². The van der Waals surface area contributed by atoms with Gasteiger partial charge in [0.1, 0.15) is 0 Å². The van der Waals surface area contributed by atoms with Crippen molar-refractivity contribution < 1.29 is 14.3 Å². The summed E-state index contributed by atoms with van der Waals surface area (Å²) in [6.45, 7) is 6.50. The Kier molecular flexibility index (Phi) is 2.93. The van der Waals surface area contributed by atoms with E-state index in [1.807, 2.05) is 31.2 Å². The second-order valence-electron chi connectivity index (χ2n) is 6.09. The molecule has 0 bridgehead atoms. The van der Waals surface area contributed by atoms with Gasteiger partial charge >= 0.3 is 0 Å². The largest absolute Gasteiger partial charge is 0.454 e. The highest BCUT2D eigenvalue weighted by Gasteiger charge is 2.31. The van der Waals surface area contributed by atoms with Crippen LogP contribution in [0.5, 0.6) is 11.5 Å². The molecule has 3 nitrogen and oxygen atoms in total. The number of carbonyl (C=O) groups excluding carboxylic acids is 1. The van der Waals surface area contributed by atoms with Gasteiger partial charge in [-0.2, -0.15) is 0 Å². The maximum absolute atomic E-state index is 12.3. The highest BCUT2D eigenvalue weighted by molar-refractivity contribution is 6.09. The van der Waals surface area contributed by atoms with Crippen LogP contribution >= 0.6 is 0 Å². The SMILES string of the molecule is CC1=CC(=O)/C(=C\c2ccc3c(c2)OCO3)C(C)(C)C1. The standard InChI is InChI=1S/C17H18O3/c1-11-6-14(18)13(17(2,3)9-11)7-12-4-5-15-16(8-12)20-10-19-15/h4-8H,9-10H2,1-3H3/b13-7+. The molecule has 1 aromatic carbocycles. The number of hydrogen-bond acceptors (Lipinski definition) is 3. The van der Waals surface area contributed by atoms with Crippen LogP contribution in [0.15, 0.2) is 35.4 Å². The molecular weight excluding hydrogens is 252 g/mol. The number of hydrogen-bond donors (Lipinski definition) is 0. The van der Waals surface area contributed by atoms with Gasteiger partial charge in [-0.05, 0) is 48.6 Å². The number of fused-ring (bicyclic) bond motifs is 1. The van der Waals surface area contributed by atoms with Gasteiger partial charge in [-0.25, -0.2) is 0 Å². The number of carbonyl (C=O) groups is 1. The summed E-state index contributed by atoms with van der Waals surface area (Å²) in [5.41, 5.74) is 2.83. The lowest BCUT2D eigenvalue weighted by Crippen LogP contribution is -2.25. The van der Waals surface area contributed by atoms with Crippen molar-refractivity contribution in [1.29, 1.82) is 0 Å². The Labute approximate surface area is 118 Å². The van der Waals surface area contributed by atoms with Gasteiger partial charge in [0.05, 0.1) is 0 Å². The van der Waals surface area contributed by atoms with Crippen LogP contribution in [-0.2, 0) is 4.79 Å². The summed E-state index contributed by atoms with van der Waals surface area (Å²) in [6.07, 6.45) is 4.62. The minimum atomic E-state index is -0.133. The van der Waals surface area contributed by atoms with E-state index in [0.717, 1.165) is 34.6 Å². The molecule has 0 saturated heterocycles. The summed E-state index contributed by atoms with van der Waals surface area (Å²) in [4.78, 5) is 12.3. The molecule has 1 heterocycles. The molecule has 1 aromatic rings. The third-order valence-electron chi connectivity index (χ3n) is 3.80. The van der Waals surface area contributed by atoms with Crippen LogP contribution in [0.25, 0.3) is 6.08 Å². The molecule has 1 aliphatic heterocycles. The molecule has 0 radical (unpaired) electrons. The highest BCUT2D eigenvalue weighted by atomic mass is 16.7. The number of allylic oxidation sites excluding steroid dienone is 3. The second kappa shape index (κ2) is 4.51. The summed E-state index contributed by atoms with van der Waals surface area (Å²) < 4.78 is 10.7. The molecule has 0 aromatic heterocycles. The number of ether oxygens (including phenoxy) is 2. The van der Waals surface area contributed by atoms with E-state index in [4.69, 9.17) is 9.47 Å². The lowest BCUT2D eigenvalue weighted by atomic mass is 9.72. The van der Waals surface area contributed by atoms with Crippen LogP contribution in [0.4, 0.5) is 0 Å². The van der Waals surface area contributed by atoms with Gasteiger partial charge in [0.15, 0.2) is 17.3 Å². The molecular formula is C17H18O3. The average molecular weight is 270 g/mol. The molecule has 3 rings (SSSR count). The van der Waals surface area contributed by atoms with Crippen LogP contribution in [0, 0.1) is 5.41 Å². The molecule has 0 fully saturated rings. The molecule has 2 aliphatic rings. The fourth-order valence-electron chi connectivity index (χ4n) is 2.91. The fraction of sp³-hybridized carbons (Fsp3) is 0.353. The van der Waals surface area contributed by atoms with Crippen molar-refractivity contribution in [2.24, 2.45) is 5.41 Å². The van der Waals surface area contributed by atoms with Crippen molar-refractivity contribution in [3.63, 3.8) is 0 Å². The molecule has 20 heavy (non-hydrogen) atoms. The van der Waals surface area contributed by atoms with Crippen LogP contribution in [0.2, 0.25) is 0 Å². The van der Waals surface area contributed by atoms with Gasteiger partial charge in [-0.3, -0.25) is 4.79 Å². The summed E-state index contributed by atoms with van der Waals surface area (Å²) in [7, 11) is 0. The maximum atomic E-state index is 12.3. The fourth-order valence-corrected chi connectivity index (χ4v) is 2.91. The van der Waals surface area contributed by atoms with E-state index in [9.17, 15) is 4.79 Å². The first-order valence-corrected chi connectivity index (χ1v) is 6.79. The van der Waals surface area contributed by atoms with Gasteiger partial charge in [0.25, 0.3) is 0 Å².